The van der Waals surface area contributed by atoms with Crippen molar-refractivity contribution >= 4 is 11.9 Å². The van der Waals surface area contributed by atoms with Gasteiger partial charge >= 0.3 is 11.9 Å². The van der Waals surface area contributed by atoms with E-state index in [1.54, 1.807) is 0 Å². The summed E-state index contributed by atoms with van der Waals surface area (Å²) in [4.78, 5) is 22.9. The molecule has 0 fully saturated rings. The molecule has 4 nitrogen and oxygen atoms in total. The monoisotopic (exact) mass is 450 g/mol. The first-order chi connectivity index (χ1) is 15.6. The fraction of sp³-hybridized carbons (Fsp3) is 0.786. The number of ether oxygens (including phenoxy) is 1. The van der Waals surface area contributed by atoms with E-state index in [0.717, 1.165) is 19.3 Å². The Kier molecular flexibility index (Phi) is 22.9. The van der Waals surface area contributed by atoms with Crippen molar-refractivity contribution in [1.29, 1.82) is 0 Å². The second kappa shape index (κ2) is 24.1. The Labute approximate surface area is 197 Å². The van der Waals surface area contributed by atoms with E-state index in [-0.39, 0.29) is 13.0 Å². The van der Waals surface area contributed by atoms with E-state index in [0.29, 0.717) is 6.42 Å². The van der Waals surface area contributed by atoms with Crippen molar-refractivity contribution in [2.24, 2.45) is 5.92 Å². The van der Waals surface area contributed by atoms with E-state index >= 15 is 0 Å². The standard InChI is InChI=1S/C28H50O4/c1-3-5-6-7-8-9-10-11-12-13-14-15-16-17-18-19-20-21-22-23-26(25-27(29)30)28(31)32-24-4-2/h4,14-15,26H,2-3,5-13,16-25H2,1H3,(H,29,30)/b15-14+. The summed E-state index contributed by atoms with van der Waals surface area (Å²) in [5.74, 6) is -1.90. The van der Waals surface area contributed by atoms with Crippen LogP contribution in [-0.4, -0.2) is 23.7 Å². The highest BCUT2D eigenvalue weighted by Crippen LogP contribution is 2.18. The molecule has 1 atom stereocenters. The summed E-state index contributed by atoms with van der Waals surface area (Å²) in [6.45, 7) is 5.92. The SMILES string of the molecule is C=CCOC(=O)C(CCCCCCCC/C=C/CCCCCCCCCCC)CC(=O)O. The molecule has 0 aliphatic carbocycles. The zero-order valence-corrected chi connectivity index (χ0v) is 20.8. The van der Waals surface area contributed by atoms with Gasteiger partial charge in [-0.1, -0.05) is 115 Å². The molecule has 0 heterocycles. The van der Waals surface area contributed by atoms with Crippen LogP contribution in [0.1, 0.15) is 129 Å². The molecule has 0 aromatic heterocycles. The molecule has 0 aromatic carbocycles. The quantitative estimate of drug-likeness (QED) is 0.0910. The zero-order valence-electron chi connectivity index (χ0n) is 20.8. The zero-order chi connectivity index (χ0) is 23.7. The molecule has 186 valence electrons. The molecule has 1 unspecified atom stereocenters. The van der Waals surface area contributed by atoms with Gasteiger partial charge in [0.1, 0.15) is 6.61 Å². The van der Waals surface area contributed by atoms with Crippen LogP contribution in [0.25, 0.3) is 0 Å². The van der Waals surface area contributed by atoms with Crippen LogP contribution >= 0.6 is 0 Å². The molecule has 0 saturated carbocycles. The number of hydrogen-bond acceptors (Lipinski definition) is 3. The lowest BCUT2D eigenvalue weighted by Crippen LogP contribution is -2.21. The Hall–Kier alpha value is -1.58. The smallest absolute Gasteiger partial charge is 0.309 e. The van der Waals surface area contributed by atoms with Crippen molar-refractivity contribution in [2.45, 2.75) is 129 Å². The minimum atomic E-state index is -0.948. The number of aliphatic carboxylic acids is 1. The summed E-state index contributed by atoms with van der Waals surface area (Å²) in [5.41, 5.74) is 0. The number of carboxylic acid groups (broad SMARTS) is 1. The minimum Gasteiger partial charge on any atom is -0.481 e. The second-order valence-electron chi connectivity index (χ2n) is 9.00. The van der Waals surface area contributed by atoms with Crippen LogP contribution in [-0.2, 0) is 14.3 Å². The molecule has 32 heavy (non-hydrogen) atoms. The number of carboxylic acids is 1. The first-order valence-corrected chi connectivity index (χ1v) is 13.3. The molecule has 0 spiro atoms. The number of esters is 1. The number of unbranched alkanes of at least 4 members (excludes halogenated alkanes) is 15. The first-order valence-electron chi connectivity index (χ1n) is 13.3. The van der Waals surface area contributed by atoms with Gasteiger partial charge in [-0.2, -0.15) is 0 Å². The van der Waals surface area contributed by atoms with Crippen molar-refractivity contribution in [1.82, 2.24) is 0 Å². The highest BCUT2D eigenvalue weighted by molar-refractivity contribution is 5.79. The highest BCUT2D eigenvalue weighted by Gasteiger charge is 2.22. The molecule has 0 bridgehead atoms. The Morgan fingerprint density at radius 2 is 1.25 bits per heavy atom. The van der Waals surface area contributed by atoms with Crippen LogP contribution in [0.3, 0.4) is 0 Å². The molecular weight excluding hydrogens is 400 g/mol. The van der Waals surface area contributed by atoms with Gasteiger partial charge in [0.05, 0.1) is 12.3 Å². The van der Waals surface area contributed by atoms with E-state index in [1.165, 1.54) is 96.0 Å². The van der Waals surface area contributed by atoms with Gasteiger partial charge in [-0.25, -0.2) is 0 Å². The predicted molar refractivity (Wildman–Crippen MR) is 135 cm³/mol. The van der Waals surface area contributed by atoms with Gasteiger partial charge in [-0.05, 0) is 32.1 Å². The fourth-order valence-corrected chi connectivity index (χ4v) is 3.94. The molecule has 0 aliphatic heterocycles. The van der Waals surface area contributed by atoms with E-state index in [1.807, 2.05) is 0 Å². The lowest BCUT2D eigenvalue weighted by atomic mass is 9.97. The molecule has 0 rings (SSSR count). The number of hydrogen-bond donors (Lipinski definition) is 1. The minimum absolute atomic E-state index is 0.141. The Morgan fingerprint density at radius 3 is 1.72 bits per heavy atom. The summed E-state index contributed by atoms with van der Waals surface area (Å²) < 4.78 is 5.02. The maximum atomic E-state index is 11.9. The molecule has 0 saturated heterocycles. The van der Waals surface area contributed by atoms with Crippen molar-refractivity contribution in [3.8, 4) is 0 Å². The van der Waals surface area contributed by atoms with Gasteiger partial charge in [0.2, 0.25) is 0 Å². The molecule has 0 aromatic rings. The molecule has 0 radical (unpaired) electrons. The van der Waals surface area contributed by atoms with Crippen LogP contribution in [0.2, 0.25) is 0 Å². The molecule has 0 aliphatic rings. The lowest BCUT2D eigenvalue weighted by Gasteiger charge is -2.13. The van der Waals surface area contributed by atoms with Gasteiger partial charge in [0.15, 0.2) is 0 Å². The average molecular weight is 451 g/mol. The summed E-state index contributed by atoms with van der Waals surface area (Å²) in [6, 6.07) is 0. The Balaban J connectivity index is 3.50. The maximum Gasteiger partial charge on any atom is 0.309 e. The average Bonchev–Trinajstić information content (AvgIpc) is 2.77. The van der Waals surface area contributed by atoms with E-state index in [9.17, 15) is 9.59 Å². The number of rotatable bonds is 24. The van der Waals surface area contributed by atoms with Gasteiger partial charge < -0.3 is 9.84 Å². The highest BCUT2D eigenvalue weighted by atomic mass is 16.5. The summed E-state index contributed by atoms with van der Waals surface area (Å²) >= 11 is 0. The third-order valence-corrected chi connectivity index (χ3v) is 5.91. The van der Waals surface area contributed by atoms with Crippen LogP contribution in [0.5, 0.6) is 0 Å². The summed E-state index contributed by atoms with van der Waals surface area (Å²) in [5, 5.41) is 8.98. The second-order valence-corrected chi connectivity index (χ2v) is 9.00. The summed E-state index contributed by atoms with van der Waals surface area (Å²) in [7, 11) is 0. The first kappa shape index (κ1) is 30.4. The van der Waals surface area contributed by atoms with E-state index < -0.39 is 17.9 Å². The summed E-state index contributed by atoms with van der Waals surface area (Å²) in [6.07, 6.45) is 28.3. The van der Waals surface area contributed by atoms with Crippen LogP contribution in [0, 0.1) is 5.92 Å². The van der Waals surface area contributed by atoms with Crippen LogP contribution in [0.15, 0.2) is 24.8 Å². The number of carbonyl (C=O) groups excluding carboxylic acids is 1. The molecule has 0 amide bonds. The van der Waals surface area contributed by atoms with Crippen molar-refractivity contribution < 1.29 is 19.4 Å². The number of carbonyl (C=O) groups is 2. The van der Waals surface area contributed by atoms with E-state index in [2.05, 4.69) is 25.7 Å². The van der Waals surface area contributed by atoms with Crippen LogP contribution in [0.4, 0.5) is 0 Å². The lowest BCUT2D eigenvalue weighted by molar-refractivity contribution is -0.152. The predicted octanol–water partition coefficient (Wildman–Crippen LogP) is 8.40. The largest absolute Gasteiger partial charge is 0.481 e. The van der Waals surface area contributed by atoms with Crippen molar-refractivity contribution in [3.05, 3.63) is 24.8 Å². The Bertz CT molecular complexity index is 484. The topological polar surface area (TPSA) is 63.6 Å². The van der Waals surface area contributed by atoms with Crippen molar-refractivity contribution in [2.75, 3.05) is 6.61 Å². The van der Waals surface area contributed by atoms with Gasteiger partial charge in [0.25, 0.3) is 0 Å². The fourth-order valence-electron chi connectivity index (χ4n) is 3.94. The molecule has 1 N–H and O–H groups in total. The number of allylic oxidation sites excluding steroid dienone is 2. The third-order valence-electron chi connectivity index (χ3n) is 5.91. The van der Waals surface area contributed by atoms with Crippen molar-refractivity contribution in [3.63, 3.8) is 0 Å². The maximum absolute atomic E-state index is 11.9. The molecular formula is C28H50O4. The van der Waals surface area contributed by atoms with Gasteiger partial charge in [-0.3, -0.25) is 9.59 Å². The molecule has 4 heteroatoms. The van der Waals surface area contributed by atoms with Gasteiger partial charge in [0, 0.05) is 0 Å². The Morgan fingerprint density at radius 1 is 0.781 bits per heavy atom. The normalized spacial score (nSPS) is 12.2. The third kappa shape index (κ3) is 21.6. The van der Waals surface area contributed by atoms with E-state index in [4.69, 9.17) is 9.84 Å². The van der Waals surface area contributed by atoms with Gasteiger partial charge in [-0.15, -0.1) is 0 Å². The van der Waals surface area contributed by atoms with Crippen LogP contribution < -0.4 is 0 Å².